The lowest BCUT2D eigenvalue weighted by Gasteiger charge is -2.03. The maximum atomic E-state index is 9.51. The quantitative estimate of drug-likeness (QED) is 0.706. The van der Waals surface area contributed by atoms with E-state index in [1.54, 1.807) is 24.3 Å². The van der Waals surface area contributed by atoms with Crippen LogP contribution in [0.1, 0.15) is 0 Å². The Labute approximate surface area is 108 Å². The van der Waals surface area contributed by atoms with Crippen molar-refractivity contribution in [3.05, 3.63) is 47.7 Å². The minimum atomic E-state index is 0.185. The van der Waals surface area contributed by atoms with E-state index < -0.39 is 0 Å². The number of hydrogen-bond acceptors (Lipinski definition) is 3. The second-order valence-electron chi connectivity index (χ2n) is 3.96. The predicted molar refractivity (Wildman–Crippen MR) is 71.7 cm³/mol. The highest BCUT2D eigenvalue weighted by Gasteiger charge is 2.13. The second-order valence-corrected chi connectivity index (χ2v) is 4.32. The van der Waals surface area contributed by atoms with E-state index in [0.29, 0.717) is 22.2 Å². The number of anilines is 1. The van der Waals surface area contributed by atoms with Crippen molar-refractivity contribution in [1.82, 2.24) is 9.38 Å². The van der Waals surface area contributed by atoms with Gasteiger partial charge in [0, 0.05) is 11.8 Å². The topological polar surface area (TPSA) is 63.5 Å². The van der Waals surface area contributed by atoms with Gasteiger partial charge in [-0.15, -0.1) is 0 Å². The van der Waals surface area contributed by atoms with Gasteiger partial charge in [0.25, 0.3) is 0 Å². The number of halogens is 1. The van der Waals surface area contributed by atoms with Crippen molar-refractivity contribution in [2.75, 3.05) is 5.73 Å². The van der Waals surface area contributed by atoms with Gasteiger partial charge in [-0.1, -0.05) is 23.7 Å². The molecule has 3 N–H and O–H groups in total. The maximum absolute atomic E-state index is 9.51. The van der Waals surface area contributed by atoms with Gasteiger partial charge in [-0.2, -0.15) is 0 Å². The molecule has 3 rings (SSSR count). The standard InChI is InChI=1S/C13H10ClN3O/c14-12-11-10(15)5-2-6-17(11)13(16-12)8-3-1-4-9(18)7-8/h1-7,18H,15H2. The van der Waals surface area contributed by atoms with Gasteiger partial charge in [0.1, 0.15) is 17.1 Å². The average molecular weight is 260 g/mol. The van der Waals surface area contributed by atoms with Gasteiger partial charge < -0.3 is 10.8 Å². The van der Waals surface area contributed by atoms with Crippen LogP contribution < -0.4 is 5.73 Å². The number of rotatable bonds is 1. The molecular formula is C13H10ClN3O. The number of nitrogens with zero attached hydrogens (tertiary/aromatic N) is 2. The number of phenols is 1. The molecule has 2 aromatic heterocycles. The zero-order valence-electron chi connectivity index (χ0n) is 9.34. The number of phenolic OH excluding ortho intramolecular Hbond substituents is 1. The molecule has 0 radical (unpaired) electrons. The minimum absolute atomic E-state index is 0.185. The minimum Gasteiger partial charge on any atom is -0.508 e. The molecule has 0 atom stereocenters. The van der Waals surface area contributed by atoms with Crippen LogP contribution in [0.4, 0.5) is 5.69 Å². The van der Waals surface area contributed by atoms with Crippen LogP contribution in [-0.4, -0.2) is 14.5 Å². The Bertz CT molecular complexity index is 736. The van der Waals surface area contributed by atoms with Crippen LogP contribution in [0.15, 0.2) is 42.6 Å². The zero-order valence-corrected chi connectivity index (χ0v) is 10.1. The second kappa shape index (κ2) is 3.92. The highest BCUT2D eigenvalue weighted by Crippen LogP contribution is 2.30. The van der Waals surface area contributed by atoms with Crippen molar-refractivity contribution in [2.45, 2.75) is 0 Å². The molecule has 3 aromatic rings. The van der Waals surface area contributed by atoms with Gasteiger partial charge in [-0.3, -0.25) is 4.40 Å². The van der Waals surface area contributed by atoms with E-state index in [1.807, 2.05) is 22.7 Å². The Kier molecular flexibility index (Phi) is 2.38. The van der Waals surface area contributed by atoms with Gasteiger partial charge >= 0.3 is 0 Å². The van der Waals surface area contributed by atoms with Gasteiger partial charge in [-0.05, 0) is 24.3 Å². The third kappa shape index (κ3) is 1.58. The fourth-order valence-corrected chi connectivity index (χ4v) is 2.25. The molecule has 0 saturated heterocycles. The molecule has 0 amide bonds. The number of nitrogens with two attached hydrogens (primary N) is 1. The molecule has 0 saturated carbocycles. The number of aromatic hydroxyl groups is 1. The van der Waals surface area contributed by atoms with Crippen molar-refractivity contribution in [3.63, 3.8) is 0 Å². The Morgan fingerprint density at radius 1 is 1.22 bits per heavy atom. The molecular weight excluding hydrogens is 250 g/mol. The van der Waals surface area contributed by atoms with Gasteiger partial charge in [0.15, 0.2) is 5.15 Å². The molecule has 0 bridgehead atoms. The van der Waals surface area contributed by atoms with E-state index in [9.17, 15) is 5.11 Å². The number of benzene rings is 1. The molecule has 2 heterocycles. The van der Waals surface area contributed by atoms with Crippen LogP contribution in [-0.2, 0) is 0 Å². The average Bonchev–Trinajstić information content (AvgIpc) is 2.68. The van der Waals surface area contributed by atoms with Crippen molar-refractivity contribution in [2.24, 2.45) is 0 Å². The summed E-state index contributed by atoms with van der Waals surface area (Å²) in [5.74, 6) is 0.836. The highest BCUT2D eigenvalue weighted by molar-refractivity contribution is 6.33. The molecule has 18 heavy (non-hydrogen) atoms. The van der Waals surface area contributed by atoms with Crippen LogP contribution in [0.2, 0.25) is 5.15 Å². The zero-order chi connectivity index (χ0) is 12.7. The predicted octanol–water partition coefficient (Wildman–Crippen LogP) is 2.94. The number of aromatic nitrogens is 2. The largest absolute Gasteiger partial charge is 0.508 e. The summed E-state index contributed by atoms with van der Waals surface area (Å²) < 4.78 is 1.81. The first kappa shape index (κ1) is 10.9. The summed E-state index contributed by atoms with van der Waals surface area (Å²) in [7, 11) is 0. The third-order valence-corrected chi connectivity index (χ3v) is 3.02. The Balaban J connectivity index is 2.34. The molecule has 1 aromatic carbocycles. The molecule has 0 spiro atoms. The van der Waals surface area contributed by atoms with Crippen LogP contribution >= 0.6 is 11.6 Å². The van der Waals surface area contributed by atoms with Gasteiger partial charge in [-0.25, -0.2) is 4.98 Å². The molecule has 0 aliphatic heterocycles. The SMILES string of the molecule is Nc1cccn2c(-c3cccc(O)c3)nc(Cl)c12. The molecule has 0 aliphatic carbocycles. The van der Waals surface area contributed by atoms with Crippen LogP contribution in [0.25, 0.3) is 16.9 Å². The first-order chi connectivity index (χ1) is 8.66. The first-order valence-corrected chi connectivity index (χ1v) is 5.76. The van der Waals surface area contributed by atoms with E-state index >= 15 is 0 Å². The molecule has 0 fully saturated rings. The number of imidazole rings is 1. The smallest absolute Gasteiger partial charge is 0.157 e. The number of hydrogen-bond donors (Lipinski definition) is 2. The summed E-state index contributed by atoms with van der Waals surface area (Å²) in [6.07, 6.45) is 1.84. The number of pyridine rings is 1. The van der Waals surface area contributed by atoms with Gasteiger partial charge in [0.2, 0.25) is 0 Å². The molecule has 5 heteroatoms. The fourth-order valence-electron chi connectivity index (χ4n) is 1.97. The molecule has 90 valence electrons. The monoisotopic (exact) mass is 259 g/mol. The van der Waals surface area contributed by atoms with Crippen LogP contribution in [0.5, 0.6) is 5.75 Å². The first-order valence-electron chi connectivity index (χ1n) is 5.38. The summed E-state index contributed by atoms with van der Waals surface area (Å²) in [5, 5.41) is 9.87. The highest BCUT2D eigenvalue weighted by atomic mass is 35.5. The van der Waals surface area contributed by atoms with E-state index in [1.165, 1.54) is 0 Å². The molecule has 4 nitrogen and oxygen atoms in total. The normalized spacial score (nSPS) is 10.9. The van der Waals surface area contributed by atoms with Crippen LogP contribution in [0, 0.1) is 0 Å². The fraction of sp³-hybridized carbons (Fsp3) is 0. The van der Waals surface area contributed by atoms with E-state index in [2.05, 4.69) is 4.98 Å². The Morgan fingerprint density at radius 3 is 2.83 bits per heavy atom. The third-order valence-electron chi connectivity index (χ3n) is 2.76. The maximum Gasteiger partial charge on any atom is 0.157 e. The summed E-state index contributed by atoms with van der Waals surface area (Å²) >= 11 is 6.10. The lowest BCUT2D eigenvalue weighted by Crippen LogP contribution is -1.92. The summed E-state index contributed by atoms with van der Waals surface area (Å²) in [5.41, 5.74) is 7.91. The lowest BCUT2D eigenvalue weighted by molar-refractivity contribution is 0.475. The molecule has 0 aliphatic rings. The van der Waals surface area contributed by atoms with E-state index in [0.717, 1.165) is 5.56 Å². The summed E-state index contributed by atoms with van der Waals surface area (Å²) in [6, 6.07) is 10.4. The Hall–Kier alpha value is -2.20. The van der Waals surface area contributed by atoms with E-state index in [-0.39, 0.29) is 5.75 Å². The van der Waals surface area contributed by atoms with Crippen molar-refractivity contribution in [3.8, 4) is 17.1 Å². The summed E-state index contributed by atoms with van der Waals surface area (Å²) in [6.45, 7) is 0. The number of fused-ring (bicyclic) bond motifs is 1. The van der Waals surface area contributed by atoms with Crippen LogP contribution in [0.3, 0.4) is 0 Å². The van der Waals surface area contributed by atoms with Crippen molar-refractivity contribution in [1.29, 1.82) is 0 Å². The number of nitrogen functional groups attached to an aromatic ring is 1. The lowest BCUT2D eigenvalue weighted by atomic mass is 10.2. The Morgan fingerprint density at radius 2 is 2.06 bits per heavy atom. The van der Waals surface area contributed by atoms with Gasteiger partial charge in [0.05, 0.1) is 5.69 Å². The van der Waals surface area contributed by atoms with E-state index in [4.69, 9.17) is 17.3 Å². The van der Waals surface area contributed by atoms with Crippen molar-refractivity contribution < 1.29 is 5.11 Å². The summed E-state index contributed by atoms with van der Waals surface area (Å²) in [4.78, 5) is 4.30. The van der Waals surface area contributed by atoms with Crippen molar-refractivity contribution >= 4 is 22.8 Å². The molecule has 0 unspecified atom stereocenters.